The lowest BCUT2D eigenvalue weighted by molar-refractivity contribution is 0.500. The maximum Gasteiger partial charge on any atom is 0.107 e. The van der Waals surface area contributed by atoms with Crippen molar-refractivity contribution in [3.8, 4) is 0 Å². The highest BCUT2D eigenvalue weighted by molar-refractivity contribution is 7.11. The highest BCUT2D eigenvalue weighted by Gasteiger charge is 2.13. The van der Waals surface area contributed by atoms with Crippen molar-refractivity contribution in [1.29, 1.82) is 0 Å². The van der Waals surface area contributed by atoms with Crippen LogP contribution in [-0.4, -0.2) is 24.6 Å². The molecular formula is C12H21N3S. The zero-order valence-corrected chi connectivity index (χ0v) is 10.8. The Balaban J connectivity index is 1.60. The second-order valence-corrected chi connectivity index (χ2v) is 5.60. The number of nitrogens with zero attached hydrogens (tertiary/aromatic N) is 1. The van der Waals surface area contributed by atoms with E-state index < -0.39 is 0 Å². The molecule has 2 rings (SSSR count). The van der Waals surface area contributed by atoms with E-state index in [2.05, 4.69) is 22.5 Å². The third kappa shape index (κ3) is 3.54. The minimum atomic E-state index is 0.884. The monoisotopic (exact) mass is 239 g/mol. The highest BCUT2D eigenvalue weighted by atomic mass is 32.1. The lowest BCUT2D eigenvalue weighted by atomic mass is 10.1. The van der Waals surface area contributed by atoms with Gasteiger partial charge >= 0.3 is 0 Å². The second-order valence-electron chi connectivity index (χ2n) is 4.40. The van der Waals surface area contributed by atoms with Crippen LogP contribution < -0.4 is 10.6 Å². The number of aryl methyl sites for hydroxylation is 1. The van der Waals surface area contributed by atoms with Crippen LogP contribution in [-0.2, 0) is 13.0 Å². The number of hydrogen-bond acceptors (Lipinski definition) is 4. The maximum atomic E-state index is 4.40. The van der Waals surface area contributed by atoms with Gasteiger partial charge in [0.1, 0.15) is 5.01 Å². The Kier molecular flexibility index (Phi) is 4.75. The molecule has 1 aromatic rings. The number of aromatic nitrogens is 1. The van der Waals surface area contributed by atoms with Gasteiger partial charge in [-0.3, -0.25) is 0 Å². The number of rotatable bonds is 6. The highest BCUT2D eigenvalue weighted by Crippen LogP contribution is 2.13. The average molecular weight is 239 g/mol. The van der Waals surface area contributed by atoms with Gasteiger partial charge in [-0.25, -0.2) is 4.98 Å². The van der Waals surface area contributed by atoms with Crippen molar-refractivity contribution in [1.82, 2.24) is 15.6 Å². The van der Waals surface area contributed by atoms with Gasteiger partial charge in [-0.05, 0) is 44.8 Å². The van der Waals surface area contributed by atoms with Gasteiger partial charge in [0.2, 0.25) is 0 Å². The molecule has 4 heteroatoms. The zero-order chi connectivity index (χ0) is 11.2. The van der Waals surface area contributed by atoms with E-state index >= 15 is 0 Å². The van der Waals surface area contributed by atoms with Crippen molar-refractivity contribution in [3.05, 3.63) is 16.1 Å². The van der Waals surface area contributed by atoms with E-state index in [0.29, 0.717) is 0 Å². The quantitative estimate of drug-likeness (QED) is 0.743. The lowest BCUT2D eigenvalue weighted by Crippen LogP contribution is -2.18. The van der Waals surface area contributed by atoms with Crippen molar-refractivity contribution >= 4 is 11.3 Å². The molecule has 16 heavy (non-hydrogen) atoms. The van der Waals surface area contributed by atoms with Crippen molar-refractivity contribution in [3.63, 3.8) is 0 Å². The molecule has 3 nitrogen and oxygen atoms in total. The Morgan fingerprint density at radius 2 is 2.56 bits per heavy atom. The molecule has 1 fully saturated rings. The molecule has 0 amide bonds. The fourth-order valence-corrected chi connectivity index (χ4v) is 2.89. The molecule has 0 aromatic carbocycles. The first-order valence-electron chi connectivity index (χ1n) is 6.23. The van der Waals surface area contributed by atoms with Gasteiger partial charge in [0, 0.05) is 17.6 Å². The topological polar surface area (TPSA) is 37.0 Å². The predicted molar refractivity (Wildman–Crippen MR) is 68.8 cm³/mol. The van der Waals surface area contributed by atoms with Crippen LogP contribution in [0.25, 0.3) is 0 Å². The number of hydrogen-bond donors (Lipinski definition) is 2. The van der Waals surface area contributed by atoms with Crippen LogP contribution in [0.1, 0.15) is 29.7 Å². The summed E-state index contributed by atoms with van der Waals surface area (Å²) in [6.07, 6.45) is 5.74. The summed E-state index contributed by atoms with van der Waals surface area (Å²) in [5.41, 5.74) is 0. The Labute approximate surface area is 102 Å². The van der Waals surface area contributed by atoms with E-state index in [9.17, 15) is 0 Å². The van der Waals surface area contributed by atoms with Crippen LogP contribution in [0.3, 0.4) is 0 Å². The van der Waals surface area contributed by atoms with Gasteiger partial charge in [0.05, 0.1) is 0 Å². The smallest absolute Gasteiger partial charge is 0.107 e. The first-order chi connectivity index (χ1) is 7.88. The van der Waals surface area contributed by atoms with E-state index in [-0.39, 0.29) is 0 Å². The van der Waals surface area contributed by atoms with Gasteiger partial charge in [0.15, 0.2) is 0 Å². The van der Waals surface area contributed by atoms with E-state index in [4.69, 9.17) is 0 Å². The van der Waals surface area contributed by atoms with Crippen LogP contribution in [0.15, 0.2) is 6.20 Å². The molecule has 90 valence electrons. The molecule has 1 saturated heterocycles. The summed E-state index contributed by atoms with van der Waals surface area (Å²) in [6, 6.07) is 0. The molecule has 1 unspecified atom stereocenters. The third-order valence-electron chi connectivity index (χ3n) is 3.12. The molecule has 2 heterocycles. The summed E-state index contributed by atoms with van der Waals surface area (Å²) < 4.78 is 0. The summed E-state index contributed by atoms with van der Waals surface area (Å²) >= 11 is 1.83. The summed E-state index contributed by atoms with van der Waals surface area (Å²) in [5, 5.41) is 8.11. The molecule has 1 atom stereocenters. The summed E-state index contributed by atoms with van der Waals surface area (Å²) in [7, 11) is 0. The zero-order valence-electron chi connectivity index (χ0n) is 9.96. The predicted octanol–water partition coefficient (Wildman–Crippen LogP) is 1.79. The van der Waals surface area contributed by atoms with Crippen molar-refractivity contribution < 1.29 is 0 Å². The SMILES string of the molecule is CCc1cnc(CNCCC2CCNC2)s1. The van der Waals surface area contributed by atoms with Crippen molar-refractivity contribution in [2.24, 2.45) is 5.92 Å². The maximum absolute atomic E-state index is 4.40. The fraction of sp³-hybridized carbons (Fsp3) is 0.750. The molecule has 0 aliphatic carbocycles. The minimum Gasteiger partial charge on any atom is -0.316 e. The normalized spacial score (nSPS) is 20.4. The second kappa shape index (κ2) is 6.33. The summed E-state index contributed by atoms with van der Waals surface area (Å²) in [4.78, 5) is 5.79. The average Bonchev–Trinajstić information content (AvgIpc) is 2.95. The van der Waals surface area contributed by atoms with Crippen LogP contribution in [0, 0.1) is 5.92 Å². The molecule has 2 N–H and O–H groups in total. The lowest BCUT2D eigenvalue weighted by Gasteiger charge is -2.07. The Hall–Kier alpha value is -0.450. The molecule has 0 spiro atoms. The molecule has 1 aromatic heterocycles. The Morgan fingerprint density at radius 1 is 1.62 bits per heavy atom. The van der Waals surface area contributed by atoms with Crippen LogP contribution in [0.4, 0.5) is 0 Å². The van der Waals surface area contributed by atoms with Crippen LogP contribution in [0.2, 0.25) is 0 Å². The largest absolute Gasteiger partial charge is 0.316 e. The molecule has 0 radical (unpaired) electrons. The van der Waals surface area contributed by atoms with E-state index in [0.717, 1.165) is 25.4 Å². The third-order valence-corrected chi connectivity index (χ3v) is 4.26. The summed E-state index contributed by atoms with van der Waals surface area (Å²) in [6.45, 7) is 6.64. The van der Waals surface area contributed by atoms with E-state index in [1.165, 1.54) is 35.8 Å². The summed E-state index contributed by atoms with van der Waals surface area (Å²) in [5.74, 6) is 0.884. The molecule has 0 bridgehead atoms. The molecule has 1 aliphatic rings. The van der Waals surface area contributed by atoms with E-state index in [1.54, 1.807) is 0 Å². The van der Waals surface area contributed by atoms with Crippen LogP contribution >= 0.6 is 11.3 Å². The standard InChI is InChI=1S/C12H21N3S/c1-2-11-8-15-12(16-11)9-14-6-4-10-3-5-13-7-10/h8,10,13-14H,2-7,9H2,1H3. The van der Waals surface area contributed by atoms with Gasteiger partial charge in [-0.15, -0.1) is 11.3 Å². The Bertz CT molecular complexity index is 305. The minimum absolute atomic E-state index is 0.884. The first-order valence-corrected chi connectivity index (χ1v) is 7.05. The van der Waals surface area contributed by atoms with E-state index in [1.807, 2.05) is 17.5 Å². The molecular weight excluding hydrogens is 218 g/mol. The number of nitrogens with one attached hydrogen (secondary N) is 2. The fourth-order valence-electron chi connectivity index (χ4n) is 2.06. The van der Waals surface area contributed by atoms with Gasteiger partial charge in [0.25, 0.3) is 0 Å². The molecule has 0 saturated carbocycles. The van der Waals surface area contributed by atoms with Crippen molar-refractivity contribution in [2.45, 2.75) is 32.7 Å². The number of thiazole rings is 1. The van der Waals surface area contributed by atoms with Gasteiger partial charge in [-0.1, -0.05) is 6.92 Å². The van der Waals surface area contributed by atoms with Gasteiger partial charge in [-0.2, -0.15) is 0 Å². The van der Waals surface area contributed by atoms with Gasteiger partial charge < -0.3 is 10.6 Å². The first kappa shape index (κ1) is 12.0. The Morgan fingerprint density at radius 3 is 3.25 bits per heavy atom. The van der Waals surface area contributed by atoms with Crippen molar-refractivity contribution in [2.75, 3.05) is 19.6 Å². The van der Waals surface area contributed by atoms with Crippen LogP contribution in [0.5, 0.6) is 0 Å². The molecule has 1 aliphatic heterocycles.